The topological polar surface area (TPSA) is 44.1 Å². The van der Waals surface area contributed by atoms with Gasteiger partial charge in [0.05, 0.1) is 22.8 Å². The first-order valence-corrected chi connectivity index (χ1v) is 7.72. The summed E-state index contributed by atoms with van der Waals surface area (Å²) < 4.78 is 7.56. The van der Waals surface area contributed by atoms with E-state index in [4.69, 9.17) is 16.3 Å². The molecule has 0 N–H and O–H groups in total. The number of aryl methyl sites for hydroxylation is 2. The summed E-state index contributed by atoms with van der Waals surface area (Å²) in [5.41, 5.74) is 0.864. The van der Waals surface area contributed by atoms with E-state index in [1.807, 2.05) is 34.6 Å². The van der Waals surface area contributed by atoms with Crippen LogP contribution in [0, 0.1) is 6.92 Å². The van der Waals surface area contributed by atoms with Crippen LogP contribution < -0.4 is 0 Å². The molecule has 0 unspecified atom stereocenters. The number of aromatic nitrogens is 2. The van der Waals surface area contributed by atoms with Crippen LogP contribution in [-0.4, -0.2) is 27.8 Å². The Bertz CT molecular complexity index is 465. The van der Waals surface area contributed by atoms with Gasteiger partial charge in [-0.3, -0.25) is 9.48 Å². The van der Waals surface area contributed by atoms with E-state index in [2.05, 4.69) is 5.10 Å². The summed E-state index contributed by atoms with van der Waals surface area (Å²) >= 11 is 6.27. The predicted octanol–water partition coefficient (Wildman–Crippen LogP) is 3.57. The van der Waals surface area contributed by atoms with Crippen LogP contribution in [0.15, 0.2) is 0 Å². The molecule has 0 aliphatic heterocycles. The maximum atomic E-state index is 12.7. The van der Waals surface area contributed by atoms with Gasteiger partial charge in [-0.1, -0.05) is 25.4 Å². The minimum absolute atomic E-state index is 0.0841. The van der Waals surface area contributed by atoms with Gasteiger partial charge in [0.1, 0.15) is 5.60 Å². The van der Waals surface area contributed by atoms with Gasteiger partial charge in [-0.25, -0.2) is 0 Å². The van der Waals surface area contributed by atoms with Crippen molar-refractivity contribution in [1.82, 2.24) is 9.78 Å². The fraction of sp³-hybridized carbons (Fsp3) is 0.733. The van der Waals surface area contributed by atoms with Crippen LogP contribution in [0.2, 0.25) is 5.02 Å². The molecular weight excluding hydrogens is 276 g/mol. The lowest BCUT2D eigenvalue weighted by atomic mass is 9.89. The molecule has 20 heavy (non-hydrogen) atoms. The third-order valence-corrected chi connectivity index (χ3v) is 4.34. The van der Waals surface area contributed by atoms with E-state index in [1.165, 1.54) is 0 Å². The maximum absolute atomic E-state index is 12.7. The number of hydrogen-bond donors (Lipinski definition) is 0. The Morgan fingerprint density at radius 1 is 1.30 bits per heavy atom. The second-order valence-corrected chi connectivity index (χ2v) is 5.27. The predicted molar refractivity (Wildman–Crippen MR) is 81.3 cm³/mol. The molecule has 5 heteroatoms. The van der Waals surface area contributed by atoms with Gasteiger partial charge in [0.25, 0.3) is 0 Å². The molecule has 0 aliphatic rings. The monoisotopic (exact) mass is 300 g/mol. The summed E-state index contributed by atoms with van der Waals surface area (Å²) in [6, 6.07) is 0. The Balaban J connectivity index is 3.05. The molecule has 0 radical (unpaired) electrons. The molecule has 0 fully saturated rings. The van der Waals surface area contributed by atoms with E-state index in [0.29, 0.717) is 31.0 Å². The van der Waals surface area contributed by atoms with Gasteiger partial charge < -0.3 is 4.74 Å². The van der Waals surface area contributed by atoms with Crippen molar-refractivity contribution in [1.29, 1.82) is 0 Å². The molecule has 1 aromatic rings. The summed E-state index contributed by atoms with van der Waals surface area (Å²) in [4.78, 5) is 12.7. The first-order chi connectivity index (χ1) is 9.45. The zero-order chi connectivity index (χ0) is 15.3. The van der Waals surface area contributed by atoms with Crippen LogP contribution in [-0.2, 0) is 22.5 Å². The molecule has 4 nitrogen and oxygen atoms in total. The molecule has 0 aromatic carbocycles. The van der Waals surface area contributed by atoms with Gasteiger partial charge in [0.15, 0.2) is 5.78 Å². The van der Waals surface area contributed by atoms with Gasteiger partial charge in [-0.05, 0) is 33.6 Å². The Hall–Kier alpha value is -0.870. The molecule has 0 saturated heterocycles. The average Bonchev–Trinajstić information content (AvgIpc) is 2.72. The first-order valence-electron chi connectivity index (χ1n) is 7.34. The highest BCUT2D eigenvalue weighted by Crippen LogP contribution is 2.27. The molecule has 0 saturated carbocycles. The molecule has 0 amide bonds. The summed E-state index contributed by atoms with van der Waals surface area (Å²) in [6.07, 6.45) is 1.62. The van der Waals surface area contributed by atoms with Crippen LogP contribution in [0.1, 0.15) is 51.9 Å². The Morgan fingerprint density at radius 3 is 2.35 bits per heavy atom. The van der Waals surface area contributed by atoms with Crippen LogP contribution in [0.3, 0.4) is 0 Å². The van der Waals surface area contributed by atoms with Crippen molar-refractivity contribution in [3.63, 3.8) is 0 Å². The van der Waals surface area contributed by atoms with E-state index in [-0.39, 0.29) is 12.2 Å². The molecule has 1 rings (SSSR count). The number of halogens is 1. The summed E-state index contributed by atoms with van der Waals surface area (Å²) in [5, 5.41) is 4.95. The quantitative estimate of drug-likeness (QED) is 0.737. The molecule has 1 heterocycles. The van der Waals surface area contributed by atoms with Crippen LogP contribution >= 0.6 is 11.6 Å². The number of Topliss-reactive ketones (excluding diaryl/α,β-unsaturated/α-hetero) is 1. The molecule has 0 bridgehead atoms. The van der Waals surface area contributed by atoms with E-state index >= 15 is 0 Å². The molecule has 0 atom stereocenters. The van der Waals surface area contributed by atoms with Crippen LogP contribution in [0.5, 0.6) is 0 Å². The highest BCUT2D eigenvalue weighted by Gasteiger charge is 2.36. The maximum Gasteiger partial charge on any atom is 0.170 e. The average molecular weight is 301 g/mol. The van der Waals surface area contributed by atoms with Gasteiger partial charge in [0.2, 0.25) is 0 Å². The Kier molecular flexibility index (Phi) is 6.21. The minimum Gasteiger partial charge on any atom is -0.368 e. The minimum atomic E-state index is -0.700. The van der Waals surface area contributed by atoms with Gasteiger partial charge in [0, 0.05) is 13.2 Å². The molecule has 114 valence electrons. The van der Waals surface area contributed by atoms with Gasteiger partial charge in [-0.2, -0.15) is 5.10 Å². The second kappa shape index (κ2) is 7.23. The number of nitrogens with zero attached hydrogens (tertiary/aromatic N) is 2. The highest BCUT2D eigenvalue weighted by molar-refractivity contribution is 6.32. The van der Waals surface area contributed by atoms with Crippen molar-refractivity contribution in [3.05, 3.63) is 16.4 Å². The van der Waals surface area contributed by atoms with Gasteiger partial charge in [-0.15, -0.1) is 0 Å². The number of rotatable bonds is 8. The van der Waals surface area contributed by atoms with Crippen LogP contribution in [0.4, 0.5) is 0 Å². The number of ether oxygens (including phenoxy) is 1. The first kappa shape index (κ1) is 17.2. The van der Waals surface area contributed by atoms with E-state index in [0.717, 1.165) is 11.4 Å². The number of carbonyl (C=O) groups is 1. The Labute approximate surface area is 126 Å². The van der Waals surface area contributed by atoms with E-state index in [9.17, 15) is 4.79 Å². The van der Waals surface area contributed by atoms with Crippen molar-refractivity contribution < 1.29 is 9.53 Å². The zero-order valence-corrected chi connectivity index (χ0v) is 13.9. The highest BCUT2D eigenvalue weighted by atomic mass is 35.5. The third-order valence-electron chi connectivity index (χ3n) is 3.85. The lowest BCUT2D eigenvalue weighted by molar-refractivity contribution is -0.144. The van der Waals surface area contributed by atoms with Crippen molar-refractivity contribution >= 4 is 17.4 Å². The molecule has 0 aliphatic carbocycles. The summed E-state index contributed by atoms with van der Waals surface area (Å²) in [5.74, 6) is 0.0841. The smallest absolute Gasteiger partial charge is 0.170 e. The van der Waals surface area contributed by atoms with E-state index in [1.54, 1.807) is 4.68 Å². The zero-order valence-electron chi connectivity index (χ0n) is 13.1. The SMILES string of the molecule is CCOC(CC)(CC)C(=O)Cc1c(Cl)c(C)nn1CC. The molecular formula is C15H25ClN2O2. The fourth-order valence-electron chi connectivity index (χ4n) is 2.56. The number of carbonyl (C=O) groups excluding carboxylic acids is 1. The molecule has 0 spiro atoms. The van der Waals surface area contributed by atoms with Crippen molar-refractivity contribution in [2.45, 2.75) is 66.0 Å². The van der Waals surface area contributed by atoms with Crippen molar-refractivity contribution in [3.8, 4) is 0 Å². The Morgan fingerprint density at radius 2 is 1.90 bits per heavy atom. The van der Waals surface area contributed by atoms with Crippen LogP contribution in [0.25, 0.3) is 0 Å². The van der Waals surface area contributed by atoms with Gasteiger partial charge >= 0.3 is 0 Å². The summed E-state index contributed by atoms with van der Waals surface area (Å²) in [6.45, 7) is 11.0. The fourth-order valence-corrected chi connectivity index (χ4v) is 2.76. The largest absolute Gasteiger partial charge is 0.368 e. The number of hydrogen-bond acceptors (Lipinski definition) is 3. The molecule has 1 aromatic heterocycles. The second-order valence-electron chi connectivity index (χ2n) is 4.90. The normalized spacial score (nSPS) is 11.9. The number of ketones is 1. The lowest BCUT2D eigenvalue weighted by Gasteiger charge is -2.30. The van der Waals surface area contributed by atoms with Crippen molar-refractivity contribution in [2.24, 2.45) is 0 Å². The summed E-state index contributed by atoms with van der Waals surface area (Å²) in [7, 11) is 0. The van der Waals surface area contributed by atoms with E-state index < -0.39 is 5.60 Å². The standard InChI is InChI=1S/C15H25ClN2O2/c1-6-15(7-2,20-9-4)13(19)10-12-14(16)11(5)17-18(12)8-3/h6-10H2,1-5H3. The van der Waals surface area contributed by atoms with Crippen molar-refractivity contribution in [2.75, 3.05) is 6.61 Å². The lowest BCUT2D eigenvalue weighted by Crippen LogP contribution is -2.42. The third kappa shape index (κ3) is 3.23.